The monoisotopic (exact) mass is 284 g/mol. The van der Waals surface area contributed by atoms with E-state index in [2.05, 4.69) is 5.32 Å². The molecule has 4 atom stereocenters. The molecule has 2 fully saturated rings. The summed E-state index contributed by atoms with van der Waals surface area (Å²) in [7, 11) is 0. The second-order valence-corrected chi connectivity index (χ2v) is 7.16. The zero-order valence-corrected chi connectivity index (χ0v) is 13.0. The van der Waals surface area contributed by atoms with E-state index in [9.17, 15) is 9.90 Å². The second kappa shape index (κ2) is 4.97. The summed E-state index contributed by atoms with van der Waals surface area (Å²) in [6.45, 7) is 8.46. The van der Waals surface area contributed by atoms with Crippen LogP contribution in [0.15, 0.2) is 0 Å². The number of hydrogen-bond acceptors (Lipinski definition) is 4. The van der Waals surface area contributed by atoms with Crippen molar-refractivity contribution in [1.29, 1.82) is 0 Å². The number of hydrogen-bond donors (Lipinski definition) is 3. The van der Waals surface area contributed by atoms with Gasteiger partial charge in [-0.05, 0) is 26.2 Å². The van der Waals surface area contributed by atoms with E-state index >= 15 is 0 Å². The zero-order chi connectivity index (χ0) is 15.2. The van der Waals surface area contributed by atoms with Crippen molar-refractivity contribution in [1.82, 2.24) is 5.32 Å². The fourth-order valence-electron chi connectivity index (χ4n) is 3.65. The lowest BCUT2D eigenvalue weighted by atomic mass is 9.46. The van der Waals surface area contributed by atoms with Gasteiger partial charge in [-0.3, -0.25) is 4.79 Å². The lowest BCUT2D eigenvalue weighted by Gasteiger charge is -2.65. The molecule has 1 saturated heterocycles. The normalized spacial score (nSPS) is 38.3. The van der Waals surface area contributed by atoms with E-state index in [0.29, 0.717) is 6.42 Å². The van der Waals surface area contributed by atoms with E-state index in [0.717, 1.165) is 19.4 Å². The average molecular weight is 284 g/mol. The van der Waals surface area contributed by atoms with Crippen molar-refractivity contribution < 1.29 is 14.6 Å². The van der Waals surface area contributed by atoms with Crippen molar-refractivity contribution in [3.05, 3.63) is 0 Å². The lowest BCUT2D eigenvalue weighted by Crippen LogP contribution is -2.83. The van der Waals surface area contributed by atoms with Gasteiger partial charge in [-0.1, -0.05) is 20.8 Å². The summed E-state index contributed by atoms with van der Waals surface area (Å²) in [4.78, 5) is 12.7. The van der Waals surface area contributed by atoms with Gasteiger partial charge in [0.2, 0.25) is 5.91 Å². The summed E-state index contributed by atoms with van der Waals surface area (Å²) in [6.07, 6.45) is 2.61. The Labute approximate surface area is 121 Å². The molecule has 4 unspecified atom stereocenters. The Bertz CT molecular complexity index is 393. The van der Waals surface area contributed by atoms with Crippen molar-refractivity contribution in [3.8, 4) is 0 Å². The summed E-state index contributed by atoms with van der Waals surface area (Å²) < 4.78 is 5.81. The maximum absolute atomic E-state index is 12.7. The Balaban J connectivity index is 2.19. The molecule has 1 heterocycles. The van der Waals surface area contributed by atoms with Gasteiger partial charge in [0, 0.05) is 17.9 Å². The van der Waals surface area contributed by atoms with E-state index in [-0.39, 0.29) is 30.0 Å². The molecule has 2 rings (SSSR count). The van der Waals surface area contributed by atoms with E-state index < -0.39 is 11.1 Å². The van der Waals surface area contributed by atoms with Gasteiger partial charge in [0.25, 0.3) is 0 Å². The highest BCUT2D eigenvalue weighted by Crippen LogP contribution is 2.57. The van der Waals surface area contributed by atoms with Crippen LogP contribution in [0.4, 0.5) is 0 Å². The van der Waals surface area contributed by atoms with Crippen LogP contribution >= 0.6 is 0 Å². The van der Waals surface area contributed by atoms with E-state index in [1.807, 2.05) is 27.7 Å². The SMILES string of the molecule is CCC(C)(CO)NC(=O)C1(N)C2CCCOC2C1(C)C. The number of nitrogens with one attached hydrogen (secondary N) is 1. The molecule has 0 bridgehead atoms. The fourth-order valence-corrected chi connectivity index (χ4v) is 3.65. The van der Waals surface area contributed by atoms with Crippen LogP contribution in [0, 0.1) is 11.3 Å². The van der Waals surface area contributed by atoms with Crippen molar-refractivity contribution in [2.75, 3.05) is 13.2 Å². The van der Waals surface area contributed by atoms with Crippen molar-refractivity contribution in [2.24, 2.45) is 17.1 Å². The van der Waals surface area contributed by atoms with Crippen LogP contribution in [0.2, 0.25) is 0 Å². The molecular formula is C15H28N2O3. The van der Waals surface area contributed by atoms with Crippen LogP contribution in [0.3, 0.4) is 0 Å². The minimum absolute atomic E-state index is 0.0639. The van der Waals surface area contributed by atoms with Crippen LogP contribution in [0.5, 0.6) is 0 Å². The number of carbonyl (C=O) groups excluding carboxylic acids is 1. The standard InChI is InChI=1S/C15H28N2O3/c1-5-14(4,9-18)17-12(19)15(16)10-7-6-8-20-11(10)13(15,2)3/h10-11,18H,5-9,16H2,1-4H3,(H,17,19). The molecule has 5 heteroatoms. The average Bonchev–Trinajstić information content (AvgIpc) is 2.46. The van der Waals surface area contributed by atoms with Gasteiger partial charge in [-0.2, -0.15) is 0 Å². The quantitative estimate of drug-likeness (QED) is 0.713. The first-order valence-electron chi connectivity index (χ1n) is 7.57. The van der Waals surface area contributed by atoms with Crippen LogP contribution in [-0.2, 0) is 9.53 Å². The Hall–Kier alpha value is -0.650. The summed E-state index contributed by atoms with van der Waals surface area (Å²) >= 11 is 0. The number of aliphatic hydroxyl groups is 1. The van der Waals surface area contributed by atoms with E-state index in [1.165, 1.54) is 0 Å². The van der Waals surface area contributed by atoms with Crippen molar-refractivity contribution in [2.45, 2.75) is 64.1 Å². The topological polar surface area (TPSA) is 84.6 Å². The van der Waals surface area contributed by atoms with Gasteiger partial charge in [0.1, 0.15) is 5.54 Å². The molecule has 0 aromatic rings. The van der Waals surface area contributed by atoms with E-state index in [1.54, 1.807) is 0 Å². The number of aliphatic hydroxyl groups excluding tert-OH is 1. The number of ether oxygens (including phenoxy) is 1. The van der Waals surface area contributed by atoms with Crippen LogP contribution in [-0.4, -0.2) is 41.4 Å². The molecule has 0 radical (unpaired) electrons. The van der Waals surface area contributed by atoms with Crippen LogP contribution in [0.25, 0.3) is 0 Å². The minimum atomic E-state index is -0.913. The summed E-state index contributed by atoms with van der Waals surface area (Å²) in [6, 6.07) is 0. The molecule has 116 valence electrons. The molecular weight excluding hydrogens is 256 g/mol. The number of amides is 1. The summed E-state index contributed by atoms with van der Waals surface area (Å²) in [5.41, 5.74) is 4.62. The molecule has 1 amide bonds. The highest BCUT2D eigenvalue weighted by Gasteiger charge is 2.70. The maximum atomic E-state index is 12.7. The minimum Gasteiger partial charge on any atom is -0.394 e. The molecule has 4 N–H and O–H groups in total. The third-order valence-corrected chi connectivity index (χ3v) is 5.61. The molecule has 1 saturated carbocycles. The first-order chi connectivity index (χ1) is 9.23. The number of rotatable bonds is 4. The van der Waals surface area contributed by atoms with Gasteiger partial charge < -0.3 is 20.9 Å². The smallest absolute Gasteiger partial charge is 0.241 e. The van der Waals surface area contributed by atoms with E-state index in [4.69, 9.17) is 10.5 Å². The van der Waals surface area contributed by atoms with Gasteiger partial charge in [0.15, 0.2) is 0 Å². The van der Waals surface area contributed by atoms with Crippen LogP contribution in [0.1, 0.15) is 47.0 Å². The molecule has 0 aromatic carbocycles. The Morgan fingerprint density at radius 3 is 2.75 bits per heavy atom. The zero-order valence-electron chi connectivity index (χ0n) is 13.0. The summed E-state index contributed by atoms with van der Waals surface area (Å²) in [5.74, 6) is -0.0845. The lowest BCUT2D eigenvalue weighted by molar-refractivity contribution is -0.226. The predicted molar refractivity (Wildman–Crippen MR) is 77.1 cm³/mol. The third kappa shape index (κ3) is 1.98. The predicted octanol–water partition coefficient (Wildman–Crippen LogP) is 0.796. The molecule has 1 aliphatic heterocycles. The fraction of sp³-hybridized carbons (Fsp3) is 0.933. The Morgan fingerprint density at radius 1 is 1.55 bits per heavy atom. The molecule has 0 spiro atoms. The Kier molecular flexibility index (Phi) is 3.91. The highest BCUT2D eigenvalue weighted by atomic mass is 16.5. The maximum Gasteiger partial charge on any atom is 0.241 e. The number of nitrogens with two attached hydrogens (primary N) is 1. The van der Waals surface area contributed by atoms with Crippen LogP contribution < -0.4 is 11.1 Å². The molecule has 20 heavy (non-hydrogen) atoms. The summed E-state index contributed by atoms with van der Waals surface area (Å²) in [5, 5.41) is 12.4. The molecule has 1 aliphatic carbocycles. The van der Waals surface area contributed by atoms with Gasteiger partial charge in [-0.15, -0.1) is 0 Å². The van der Waals surface area contributed by atoms with Gasteiger partial charge in [0.05, 0.1) is 18.2 Å². The third-order valence-electron chi connectivity index (χ3n) is 5.61. The molecule has 2 aliphatic rings. The van der Waals surface area contributed by atoms with Gasteiger partial charge in [-0.25, -0.2) is 0 Å². The molecule has 0 aromatic heterocycles. The van der Waals surface area contributed by atoms with Gasteiger partial charge >= 0.3 is 0 Å². The van der Waals surface area contributed by atoms with Crippen molar-refractivity contribution in [3.63, 3.8) is 0 Å². The highest BCUT2D eigenvalue weighted by molar-refractivity contribution is 5.90. The number of fused-ring (bicyclic) bond motifs is 1. The first kappa shape index (κ1) is 15.7. The Morgan fingerprint density at radius 2 is 2.20 bits per heavy atom. The van der Waals surface area contributed by atoms with Crippen molar-refractivity contribution >= 4 is 5.91 Å². The largest absolute Gasteiger partial charge is 0.394 e. The number of carbonyl (C=O) groups is 1. The second-order valence-electron chi connectivity index (χ2n) is 7.16. The first-order valence-corrected chi connectivity index (χ1v) is 7.57. The molecule has 5 nitrogen and oxygen atoms in total.